The molecule has 0 radical (unpaired) electrons. The van der Waals surface area contributed by atoms with E-state index in [4.69, 9.17) is 14.2 Å². The second-order valence-electron chi connectivity index (χ2n) is 3.98. The van der Waals surface area contributed by atoms with Gasteiger partial charge < -0.3 is 24.2 Å². The predicted molar refractivity (Wildman–Crippen MR) is 75.8 cm³/mol. The Balaban J connectivity index is 2.93. The third kappa shape index (κ3) is 4.71. The number of methoxy groups -OCH3 is 3. The van der Waals surface area contributed by atoms with E-state index in [-0.39, 0.29) is 11.5 Å². The van der Waals surface area contributed by atoms with Gasteiger partial charge in [-0.05, 0) is 0 Å². The Morgan fingerprint density at radius 3 is 2.25 bits per heavy atom. The van der Waals surface area contributed by atoms with E-state index in [0.29, 0.717) is 37.1 Å². The number of ether oxygens (including phenoxy) is 3. The van der Waals surface area contributed by atoms with Crippen molar-refractivity contribution in [2.45, 2.75) is 6.61 Å². The summed E-state index contributed by atoms with van der Waals surface area (Å²) in [6, 6.07) is 0. The van der Waals surface area contributed by atoms with Crippen molar-refractivity contribution in [3.05, 3.63) is 10.6 Å². The van der Waals surface area contributed by atoms with E-state index in [1.54, 1.807) is 14.2 Å². The minimum absolute atomic E-state index is 0.181. The fourth-order valence-electron chi connectivity index (χ4n) is 1.58. The van der Waals surface area contributed by atoms with Crippen molar-refractivity contribution in [1.82, 2.24) is 4.98 Å². The van der Waals surface area contributed by atoms with Gasteiger partial charge in [0.25, 0.3) is 0 Å². The van der Waals surface area contributed by atoms with E-state index in [2.05, 4.69) is 4.98 Å². The summed E-state index contributed by atoms with van der Waals surface area (Å²) in [5.41, 5.74) is 0.444. The van der Waals surface area contributed by atoms with Gasteiger partial charge in [-0.1, -0.05) is 11.3 Å². The van der Waals surface area contributed by atoms with Crippen LogP contribution in [0.5, 0.6) is 0 Å². The minimum Gasteiger partial charge on any atom is -0.477 e. The van der Waals surface area contributed by atoms with Crippen LogP contribution in [0.15, 0.2) is 0 Å². The molecule has 20 heavy (non-hydrogen) atoms. The van der Waals surface area contributed by atoms with Crippen molar-refractivity contribution in [2.75, 3.05) is 52.5 Å². The fraction of sp³-hybridized carbons (Fsp3) is 0.667. The molecule has 0 amide bonds. The molecular formula is C12H20N2O5S. The first-order chi connectivity index (χ1) is 9.63. The van der Waals surface area contributed by atoms with Crippen LogP contribution in [0.2, 0.25) is 0 Å². The zero-order chi connectivity index (χ0) is 15.0. The summed E-state index contributed by atoms with van der Waals surface area (Å²) in [5.74, 6) is -0.987. The van der Waals surface area contributed by atoms with Crippen LogP contribution >= 0.6 is 11.3 Å². The number of nitrogens with zero attached hydrogens (tertiary/aromatic N) is 2. The fourth-order valence-corrected chi connectivity index (χ4v) is 2.54. The van der Waals surface area contributed by atoms with E-state index in [0.717, 1.165) is 11.3 Å². The molecule has 0 atom stereocenters. The molecule has 0 spiro atoms. The standard InChI is InChI=1S/C12H20N2O5S/c1-17-6-4-14(5-7-18-2)12-13-9(8-19-3)10(20-12)11(15)16/h4-8H2,1-3H3,(H,15,16). The number of thiazole rings is 1. The molecular weight excluding hydrogens is 284 g/mol. The summed E-state index contributed by atoms with van der Waals surface area (Å²) in [6.45, 7) is 2.49. The number of carboxylic acids is 1. The van der Waals surface area contributed by atoms with Crippen molar-refractivity contribution in [3.63, 3.8) is 0 Å². The van der Waals surface area contributed by atoms with Gasteiger partial charge in [0.05, 0.1) is 25.5 Å². The van der Waals surface area contributed by atoms with Crippen LogP contribution in [0.25, 0.3) is 0 Å². The first-order valence-electron chi connectivity index (χ1n) is 6.08. The molecule has 1 aromatic heterocycles. The number of aromatic carboxylic acids is 1. The van der Waals surface area contributed by atoms with Gasteiger partial charge in [0.1, 0.15) is 4.88 Å². The average Bonchev–Trinajstić information content (AvgIpc) is 2.83. The summed E-state index contributed by atoms with van der Waals surface area (Å²) in [7, 11) is 4.75. The molecule has 0 saturated carbocycles. The molecule has 0 fully saturated rings. The van der Waals surface area contributed by atoms with Crippen LogP contribution in [0.1, 0.15) is 15.4 Å². The Hall–Kier alpha value is -1.22. The summed E-state index contributed by atoms with van der Waals surface area (Å²) < 4.78 is 15.1. The van der Waals surface area contributed by atoms with Gasteiger partial charge in [0.15, 0.2) is 5.13 Å². The Kier molecular flexibility index (Phi) is 7.45. The average molecular weight is 304 g/mol. The maximum absolute atomic E-state index is 11.2. The second-order valence-corrected chi connectivity index (χ2v) is 4.96. The van der Waals surface area contributed by atoms with E-state index in [1.165, 1.54) is 7.11 Å². The number of carbonyl (C=O) groups is 1. The van der Waals surface area contributed by atoms with Gasteiger partial charge in [0.2, 0.25) is 0 Å². The zero-order valence-electron chi connectivity index (χ0n) is 11.9. The maximum Gasteiger partial charge on any atom is 0.347 e. The number of aromatic nitrogens is 1. The van der Waals surface area contributed by atoms with E-state index >= 15 is 0 Å². The first kappa shape index (κ1) is 16.8. The normalized spacial score (nSPS) is 10.8. The molecule has 0 saturated heterocycles. The van der Waals surface area contributed by atoms with Crippen molar-refractivity contribution >= 4 is 22.4 Å². The third-order valence-corrected chi connectivity index (χ3v) is 3.71. The Morgan fingerprint density at radius 2 is 1.80 bits per heavy atom. The highest BCUT2D eigenvalue weighted by Gasteiger charge is 2.20. The number of carboxylic acid groups (broad SMARTS) is 1. The lowest BCUT2D eigenvalue weighted by Gasteiger charge is -2.20. The van der Waals surface area contributed by atoms with Crippen LogP contribution in [0.4, 0.5) is 5.13 Å². The van der Waals surface area contributed by atoms with Crippen molar-refractivity contribution in [1.29, 1.82) is 0 Å². The van der Waals surface area contributed by atoms with Gasteiger partial charge in [-0.15, -0.1) is 0 Å². The lowest BCUT2D eigenvalue weighted by molar-refractivity contribution is 0.0697. The SMILES string of the molecule is COCCN(CCOC)c1nc(COC)c(C(=O)O)s1. The number of rotatable bonds is 10. The summed E-state index contributed by atoms with van der Waals surface area (Å²) in [4.78, 5) is 17.7. The van der Waals surface area contributed by atoms with Crippen LogP contribution in [-0.4, -0.2) is 63.7 Å². The lowest BCUT2D eigenvalue weighted by atomic mass is 10.4. The van der Waals surface area contributed by atoms with E-state index < -0.39 is 5.97 Å². The number of hydrogen-bond acceptors (Lipinski definition) is 7. The quantitative estimate of drug-likeness (QED) is 0.693. The van der Waals surface area contributed by atoms with Gasteiger partial charge >= 0.3 is 5.97 Å². The van der Waals surface area contributed by atoms with Gasteiger partial charge in [-0.3, -0.25) is 0 Å². The number of anilines is 1. The molecule has 0 aliphatic rings. The molecule has 1 aromatic rings. The molecule has 0 unspecified atom stereocenters. The molecule has 1 rings (SSSR count). The second kappa shape index (κ2) is 8.85. The molecule has 0 aliphatic heterocycles. The highest BCUT2D eigenvalue weighted by Crippen LogP contribution is 2.27. The molecule has 114 valence electrons. The summed E-state index contributed by atoms with van der Waals surface area (Å²) >= 11 is 1.14. The third-order valence-electron chi connectivity index (χ3n) is 2.56. The molecule has 7 nitrogen and oxygen atoms in total. The van der Waals surface area contributed by atoms with Crippen LogP contribution < -0.4 is 4.90 Å². The van der Waals surface area contributed by atoms with Crippen LogP contribution in [0.3, 0.4) is 0 Å². The lowest BCUT2D eigenvalue weighted by Crippen LogP contribution is -2.30. The molecule has 1 heterocycles. The van der Waals surface area contributed by atoms with E-state index in [1.807, 2.05) is 4.90 Å². The highest BCUT2D eigenvalue weighted by molar-refractivity contribution is 7.17. The Labute approximate surface area is 122 Å². The molecule has 1 N–H and O–H groups in total. The maximum atomic E-state index is 11.2. The van der Waals surface area contributed by atoms with Crippen molar-refractivity contribution in [3.8, 4) is 0 Å². The predicted octanol–water partition coefficient (Wildman–Crippen LogP) is 1.09. The minimum atomic E-state index is -0.987. The number of hydrogen-bond donors (Lipinski definition) is 1. The highest BCUT2D eigenvalue weighted by atomic mass is 32.1. The molecule has 0 aliphatic carbocycles. The monoisotopic (exact) mass is 304 g/mol. The van der Waals surface area contributed by atoms with Crippen molar-refractivity contribution in [2.24, 2.45) is 0 Å². The smallest absolute Gasteiger partial charge is 0.347 e. The summed E-state index contributed by atoms with van der Waals surface area (Å²) in [5, 5.41) is 9.83. The molecule has 8 heteroatoms. The van der Waals surface area contributed by atoms with Crippen LogP contribution in [0, 0.1) is 0 Å². The Morgan fingerprint density at radius 1 is 1.20 bits per heavy atom. The first-order valence-corrected chi connectivity index (χ1v) is 6.90. The van der Waals surface area contributed by atoms with Gasteiger partial charge in [-0.25, -0.2) is 9.78 Å². The van der Waals surface area contributed by atoms with Crippen molar-refractivity contribution < 1.29 is 24.1 Å². The molecule has 0 bridgehead atoms. The zero-order valence-corrected chi connectivity index (χ0v) is 12.7. The summed E-state index contributed by atoms with van der Waals surface area (Å²) in [6.07, 6.45) is 0. The Bertz CT molecular complexity index is 416. The van der Waals surface area contributed by atoms with Gasteiger partial charge in [0, 0.05) is 34.4 Å². The molecule has 0 aromatic carbocycles. The largest absolute Gasteiger partial charge is 0.477 e. The van der Waals surface area contributed by atoms with Crippen LogP contribution in [-0.2, 0) is 20.8 Å². The van der Waals surface area contributed by atoms with E-state index in [9.17, 15) is 9.90 Å². The topological polar surface area (TPSA) is 81.1 Å². The van der Waals surface area contributed by atoms with Gasteiger partial charge in [-0.2, -0.15) is 0 Å².